The average Bonchev–Trinajstić information content (AvgIpc) is 3.06. The van der Waals surface area contributed by atoms with Crippen LogP contribution in [-0.2, 0) is 13.1 Å². The Bertz CT molecular complexity index is 456. The maximum absolute atomic E-state index is 8.58. The summed E-state index contributed by atoms with van der Waals surface area (Å²) in [6.07, 6.45) is 24.0. The van der Waals surface area contributed by atoms with E-state index in [0.717, 1.165) is 6.54 Å². The summed E-state index contributed by atoms with van der Waals surface area (Å²) in [6, 6.07) is 0. The SMILES string of the molecule is CCCCCCCCCCCCCCCn1cc[n+](C/C(N)=N\O)c1. The van der Waals surface area contributed by atoms with E-state index in [1.54, 1.807) is 0 Å². The van der Waals surface area contributed by atoms with Gasteiger partial charge in [-0.05, 0) is 12.8 Å². The molecule has 0 aliphatic carbocycles. The largest absolute Gasteiger partial charge is 0.409 e. The first-order chi connectivity index (χ1) is 12.3. The maximum Gasteiger partial charge on any atom is 0.244 e. The first-order valence-corrected chi connectivity index (χ1v) is 10.3. The molecule has 0 spiro atoms. The highest BCUT2D eigenvalue weighted by Crippen LogP contribution is 2.12. The van der Waals surface area contributed by atoms with Crippen molar-refractivity contribution in [2.75, 3.05) is 0 Å². The molecule has 144 valence electrons. The van der Waals surface area contributed by atoms with Gasteiger partial charge < -0.3 is 10.9 Å². The lowest BCUT2D eigenvalue weighted by Gasteiger charge is -2.02. The number of hydrogen-bond donors (Lipinski definition) is 2. The van der Waals surface area contributed by atoms with E-state index in [4.69, 9.17) is 10.9 Å². The lowest BCUT2D eigenvalue weighted by atomic mass is 10.0. The number of hydrogen-bond acceptors (Lipinski definition) is 2. The molecular formula is C20H39N4O+. The summed E-state index contributed by atoms with van der Waals surface area (Å²) in [4.78, 5) is 0. The molecule has 25 heavy (non-hydrogen) atoms. The van der Waals surface area contributed by atoms with Crippen molar-refractivity contribution >= 4 is 5.84 Å². The number of amidine groups is 1. The van der Waals surface area contributed by atoms with Crippen LogP contribution in [0.5, 0.6) is 0 Å². The van der Waals surface area contributed by atoms with E-state index in [9.17, 15) is 0 Å². The van der Waals surface area contributed by atoms with E-state index in [0.29, 0.717) is 6.54 Å². The van der Waals surface area contributed by atoms with Crippen LogP contribution in [0.3, 0.4) is 0 Å². The quantitative estimate of drug-likeness (QED) is 0.114. The number of nitrogens with two attached hydrogens (primary N) is 1. The number of unbranched alkanes of at least 4 members (excludes halogenated alkanes) is 12. The molecule has 0 saturated carbocycles. The number of nitrogens with zero attached hydrogens (tertiary/aromatic N) is 3. The van der Waals surface area contributed by atoms with Gasteiger partial charge in [-0.3, -0.25) is 0 Å². The Hall–Kier alpha value is -1.52. The summed E-state index contributed by atoms with van der Waals surface area (Å²) in [5.74, 6) is 0.226. The molecule has 1 aromatic rings. The van der Waals surface area contributed by atoms with Crippen LogP contribution in [-0.4, -0.2) is 15.6 Å². The molecule has 3 N–H and O–H groups in total. The minimum absolute atomic E-state index is 0.226. The van der Waals surface area contributed by atoms with Crippen LogP contribution in [0.15, 0.2) is 23.9 Å². The summed E-state index contributed by atoms with van der Waals surface area (Å²) in [7, 11) is 0. The summed E-state index contributed by atoms with van der Waals surface area (Å²) in [5, 5.41) is 11.6. The molecule has 5 heteroatoms. The maximum atomic E-state index is 8.58. The van der Waals surface area contributed by atoms with E-state index >= 15 is 0 Å². The molecule has 0 atom stereocenters. The first kappa shape index (κ1) is 21.5. The Balaban J connectivity index is 1.89. The molecule has 0 aromatic carbocycles. The van der Waals surface area contributed by atoms with Gasteiger partial charge in [-0.15, -0.1) is 0 Å². The second-order valence-electron chi connectivity index (χ2n) is 7.16. The zero-order valence-corrected chi connectivity index (χ0v) is 16.2. The smallest absolute Gasteiger partial charge is 0.244 e. The van der Waals surface area contributed by atoms with Crippen LogP contribution in [0.25, 0.3) is 0 Å². The molecule has 1 rings (SSSR count). The van der Waals surface area contributed by atoms with E-state index in [2.05, 4.69) is 16.6 Å². The highest BCUT2D eigenvalue weighted by Gasteiger charge is 2.05. The van der Waals surface area contributed by atoms with E-state index in [-0.39, 0.29) is 5.84 Å². The molecular weight excluding hydrogens is 312 g/mol. The molecule has 0 unspecified atom stereocenters. The van der Waals surface area contributed by atoms with E-state index in [1.807, 2.05) is 23.3 Å². The predicted molar refractivity (Wildman–Crippen MR) is 104 cm³/mol. The Morgan fingerprint density at radius 2 is 1.44 bits per heavy atom. The standard InChI is InChI=1S/C20H38N4O/c1-2-3-4-5-6-7-8-9-10-11-12-13-14-15-23-16-17-24(19-23)18-20(21)22-25/h16-17,19H,2-15,18H2,1H3,(H2-,21,22,25)/p+1. The fourth-order valence-electron chi connectivity index (χ4n) is 3.20. The monoisotopic (exact) mass is 351 g/mol. The number of aromatic nitrogens is 2. The van der Waals surface area contributed by atoms with Crippen LogP contribution in [0.4, 0.5) is 0 Å². The molecule has 0 aliphatic heterocycles. The summed E-state index contributed by atoms with van der Waals surface area (Å²) >= 11 is 0. The van der Waals surface area contributed by atoms with Crippen molar-refractivity contribution in [1.82, 2.24) is 4.57 Å². The van der Waals surface area contributed by atoms with Gasteiger partial charge in [0.1, 0.15) is 12.4 Å². The normalized spacial score (nSPS) is 12.0. The second-order valence-corrected chi connectivity index (χ2v) is 7.16. The lowest BCUT2D eigenvalue weighted by Crippen LogP contribution is -2.39. The fourth-order valence-corrected chi connectivity index (χ4v) is 3.20. The van der Waals surface area contributed by atoms with Crippen molar-refractivity contribution in [2.45, 2.75) is 103 Å². The molecule has 0 amide bonds. The van der Waals surface area contributed by atoms with Crippen LogP contribution in [0, 0.1) is 0 Å². The zero-order chi connectivity index (χ0) is 18.2. The van der Waals surface area contributed by atoms with E-state index in [1.165, 1.54) is 83.5 Å². The van der Waals surface area contributed by atoms with Crippen molar-refractivity contribution in [3.63, 3.8) is 0 Å². The third kappa shape index (κ3) is 11.6. The predicted octanol–water partition coefficient (Wildman–Crippen LogP) is 4.61. The molecule has 0 radical (unpaired) electrons. The Kier molecular flexibility index (Phi) is 12.7. The molecule has 5 nitrogen and oxygen atoms in total. The van der Waals surface area contributed by atoms with Gasteiger partial charge in [-0.1, -0.05) is 82.7 Å². The van der Waals surface area contributed by atoms with Gasteiger partial charge in [-0.2, -0.15) is 0 Å². The number of imidazole rings is 1. The summed E-state index contributed by atoms with van der Waals surface area (Å²) in [6.45, 7) is 3.75. The zero-order valence-electron chi connectivity index (χ0n) is 16.2. The average molecular weight is 352 g/mol. The van der Waals surface area contributed by atoms with Gasteiger partial charge in [0.25, 0.3) is 0 Å². The first-order valence-electron chi connectivity index (χ1n) is 10.3. The molecule has 0 fully saturated rings. The number of oxime groups is 1. The van der Waals surface area contributed by atoms with Gasteiger partial charge in [0.05, 0.1) is 6.54 Å². The fraction of sp³-hybridized carbons (Fsp3) is 0.800. The van der Waals surface area contributed by atoms with Crippen molar-refractivity contribution in [3.05, 3.63) is 18.7 Å². The van der Waals surface area contributed by atoms with Crippen LogP contribution in [0.2, 0.25) is 0 Å². The highest BCUT2D eigenvalue weighted by molar-refractivity contribution is 5.78. The van der Waals surface area contributed by atoms with Crippen LogP contribution >= 0.6 is 0 Å². The summed E-state index contributed by atoms with van der Waals surface area (Å²) in [5.41, 5.74) is 5.51. The third-order valence-electron chi connectivity index (χ3n) is 4.74. The van der Waals surface area contributed by atoms with E-state index < -0.39 is 0 Å². The van der Waals surface area contributed by atoms with Gasteiger partial charge in [0.2, 0.25) is 6.33 Å². The van der Waals surface area contributed by atoms with Crippen molar-refractivity contribution in [2.24, 2.45) is 10.9 Å². The molecule has 0 aliphatic rings. The van der Waals surface area contributed by atoms with Gasteiger partial charge in [0, 0.05) is 0 Å². The Morgan fingerprint density at radius 3 is 1.96 bits per heavy atom. The minimum Gasteiger partial charge on any atom is -0.409 e. The molecule has 1 heterocycles. The Morgan fingerprint density at radius 1 is 0.920 bits per heavy atom. The van der Waals surface area contributed by atoms with Gasteiger partial charge in [-0.25, -0.2) is 9.13 Å². The van der Waals surface area contributed by atoms with Gasteiger partial charge >= 0.3 is 0 Å². The minimum atomic E-state index is 0.226. The lowest BCUT2D eigenvalue weighted by molar-refractivity contribution is -0.681. The number of rotatable bonds is 16. The van der Waals surface area contributed by atoms with Crippen molar-refractivity contribution in [3.8, 4) is 0 Å². The highest BCUT2D eigenvalue weighted by atomic mass is 16.4. The molecule has 0 bridgehead atoms. The Labute approximate surface area is 153 Å². The van der Waals surface area contributed by atoms with Crippen molar-refractivity contribution in [1.29, 1.82) is 0 Å². The van der Waals surface area contributed by atoms with Crippen LogP contribution < -0.4 is 10.3 Å². The summed E-state index contributed by atoms with van der Waals surface area (Å²) < 4.78 is 4.10. The topological polar surface area (TPSA) is 67.4 Å². The van der Waals surface area contributed by atoms with Crippen molar-refractivity contribution < 1.29 is 9.77 Å². The molecule has 1 aromatic heterocycles. The van der Waals surface area contributed by atoms with Crippen LogP contribution in [0.1, 0.15) is 90.4 Å². The molecule has 0 saturated heterocycles. The number of aryl methyl sites for hydroxylation is 1. The third-order valence-corrected chi connectivity index (χ3v) is 4.74. The second kappa shape index (κ2) is 14.8. The van der Waals surface area contributed by atoms with Gasteiger partial charge in [0.15, 0.2) is 12.4 Å².